The summed E-state index contributed by atoms with van der Waals surface area (Å²) in [6, 6.07) is 13.2. The molecule has 1 fully saturated rings. The summed E-state index contributed by atoms with van der Waals surface area (Å²) < 4.78 is 0. The number of halogens is 1. The number of piperazine rings is 1. The van der Waals surface area contributed by atoms with E-state index in [9.17, 15) is 10.1 Å². The molecule has 1 aliphatic heterocycles. The molecule has 1 saturated heterocycles. The van der Waals surface area contributed by atoms with Crippen molar-refractivity contribution in [2.45, 2.75) is 6.92 Å². The highest BCUT2D eigenvalue weighted by Gasteiger charge is 2.27. The number of carbonyl (C=O) groups is 1. The second-order valence-electron chi connectivity index (χ2n) is 6.71. The first-order chi connectivity index (χ1) is 14.1. The molecular formula is C21H18ClN5OS. The number of benzene rings is 1. The number of anilines is 1. The van der Waals surface area contributed by atoms with E-state index in [2.05, 4.69) is 20.9 Å². The fraction of sp³-hybridized carbons (Fsp3) is 0.238. The summed E-state index contributed by atoms with van der Waals surface area (Å²) in [7, 11) is 0. The van der Waals surface area contributed by atoms with Gasteiger partial charge in [-0.25, -0.2) is 9.97 Å². The third-order valence-electron chi connectivity index (χ3n) is 4.86. The van der Waals surface area contributed by atoms with Crippen molar-refractivity contribution in [1.29, 1.82) is 5.26 Å². The molecule has 0 saturated carbocycles. The van der Waals surface area contributed by atoms with E-state index in [0.717, 1.165) is 16.3 Å². The average Bonchev–Trinajstić information content (AvgIpc) is 3.15. The third-order valence-corrected chi connectivity index (χ3v) is 6.30. The molecule has 0 radical (unpaired) electrons. The maximum atomic E-state index is 13.1. The molecule has 1 amide bonds. The minimum atomic E-state index is 0.00129. The van der Waals surface area contributed by atoms with Crippen LogP contribution in [0.1, 0.15) is 20.9 Å². The van der Waals surface area contributed by atoms with Crippen molar-refractivity contribution in [3.63, 3.8) is 0 Å². The molecule has 0 atom stereocenters. The Kier molecular flexibility index (Phi) is 5.47. The van der Waals surface area contributed by atoms with Crippen LogP contribution in [0.15, 0.2) is 42.6 Å². The fourth-order valence-electron chi connectivity index (χ4n) is 3.31. The van der Waals surface area contributed by atoms with Gasteiger partial charge in [0, 0.05) is 43.0 Å². The molecule has 8 heteroatoms. The lowest BCUT2D eigenvalue weighted by Gasteiger charge is -2.35. The van der Waals surface area contributed by atoms with Crippen LogP contribution in [-0.4, -0.2) is 47.0 Å². The largest absolute Gasteiger partial charge is 0.352 e. The quantitative estimate of drug-likeness (QED) is 0.636. The van der Waals surface area contributed by atoms with Crippen molar-refractivity contribution in [3.8, 4) is 16.6 Å². The number of thiazole rings is 1. The molecular weight excluding hydrogens is 406 g/mol. The molecule has 1 aliphatic rings. The van der Waals surface area contributed by atoms with Crippen molar-refractivity contribution < 1.29 is 4.79 Å². The zero-order chi connectivity index (χ0) is 20.4. The van der Waals surface area contributed by atoms with Gasteiger partial charge in [0.25, 0.3) is 5.91 Å². The lowest BCUT2D eigenvalue weighted by Crippen LogP contribution is -2.49. The first-order valence-electron chi connectivity index (χ1n) is 9.19. The Labute approximate surface area is 178 Å². The SMILES string of the molecule is Cc1nc(-c2ccc(Cl)cc2)sc1C(=O)N1CCN(c2ncccc2C#N)CC1. The first-order valence-corrected chi connectivity index (χ1v) is 10.4. The maximum absolute atomic E-state index is 13.1. The van der Waals surface area contributed by atoms with Crippen LogP contribution in [0.3, 0.4) is 0 Å². The lowest BCUT2D eigenvalue weighted by atomic mass is 10.2. The van der Waals surface area contributed by atoms with Crippen molar-refractivity contribution in [1.82, 2.24) is 14.9 Å². The van der Waals surface area contributed by atoms with Gasteiger partial charge in [-0.3, -0.25) is 4.79 Å². The zero-order valence-corrected chi connectivity index (χ0v) is 17.4. The number of pyridine rings is 1. The first kappa shape index (κ1) is 19.4. The summed E-state index contributed by atoms with van der Waals surface area (Å²) in [5.74, 6) is 0.683. The second kappa shape index (κ2) is 8.19. The number of rotatable bonds is 3. The molecule has 146 valence electrons. The summed E-state index contributed by atoms with van der Waals surface area (Å²) in [5.41, 5.74) is 2.24. The number of hydrogen-bond donors (Lipinski definition) is 0. The number of hydrogen-bond acceptors (Lipinski definition) is 6. The molecule has 1 aromatic carbocycles. The van der Waals surface area contributed by atoms with Gasteiger partial charge in [-0.1, -0.05) is 23.7 Å². The second-order valence-corrected chi connectivity index (χ2v) is 8.14. The van der Waals surface area contributed by atoms with Crippen LogP contribution in [0.25, 0.3) is 10.6 Å². The molecule has 0 spiro atoms. The number of nitrogens with zero attached hydrogens (tertiary/aromatic N) is 5. The van der Waals surface area contributed by atoms with Crippen LogP contribution in [0.2, 0.25) is 5.02 Å². The summed E-state index contributed by atoms with van der Waals surface area (Å²) >= 11 is 7.37. The molecule has 0 aliphatic carbocycles. The van der Waals surface area contributed by atoms with Crippen LogP contribution < -0.4 is 4.90 Å². The Morgan fingerprint density at radius 1 is 1.17 bits per heavy atom. The van der Waals surface area contributed by atoms with Crippen LogP contribution in [-0.2, 0) is 0 Å². The van der Waals surface area contributed by atoms with E-state index in [1.165, 1.54) is 11.3 Å². The van der Waals surface area contributed by atoms with Crippen LogP contribution >= 0.6 is 22.9 Å². The summed E-state index contributed by atoms with van der Waals surface area (Å²) in [6.45, 7) is 4.30. The fourth-order valence-corrected chi connectivity index (χ4v) is 4.48. The molecule has 0 bridgehead atoms. The van der Waals surface area contributed by atoms with Gasteiger partial charge < -0.3 is 9.80 Å². The molecule has 2 aromatic heterocycles. The van der Waals surface area contributed by atoms with E-state index in [-0.39, 0.29) is 5.91 Å². The molecule has 4 rings (SSSR count). The number of carbonyl (C=O) groups excluding carboxylic acids is 1. The Morgan fingerprint density at radius 3 is 2.59 bits per heavy atom. The zero-order valence-electron chi connectivity index (χ0n) is 15.8. The van der Waals surface area contributed by atoms with E-state index >= 15 is 0 Å². The summed E-state index contributed by atoms with van der Waals surface area (Å²) in [6.07, 6.45) is 1.69. The van der Waals surface area contributed by atoms with Gasteiger partial charge in [-0.2, -0.15) is 5.26 Å². The lowest BCUT2D eigenvalue weighted by molar-refractivity contribution is 0.0750. The summed E-state index contributed by atoms with van der Waals surface area (Å²) in [4.78, 5) is 26.6. The highest BCUT2D eigenvalue weighted by Crippen LogP contribution is 2.30. The molecule has 0 N–H and O–H groups in total. The van der Waals surface area contributed by atoms with Gasteiger partial charge in [-0.15, -0.1) is 11.3 Å². The van der Waals surface area contributed by atoms with Crippen LogP contribution in [0.4, 0.5) is 5.82 Å². The Morgan fingerprint density at radius 2 is 1.90 bits per heavy atom. The van der Waals surface area contributed by atoms with E-state index in [4.69, 9.17) is 11.6 Å². The Bertz CT molecular complexity index is 1080. The summed E-state index contributed by atoms with van der Waals surface area (Å²) in [5, 5.41) is 10.8. The Balaban J connectivity index is 1.48. The molecule has 0 unspecified atom stereocenters. The predicted octanol–water partition coefficient (Wildman–Crippen LogP) is 4.00. The van der Waals surface area contributed by atoms with Gasteiger partial charge in [0.05, 0.1) is 11.3 Å². The minimum absolute atomic E-state index is 0.00129. The minimum Gasteiger partial charge on any atom is -0.352 e. The van der Waals surface area contributed by atoms with Gasteiger partial charge in [0.15, 0.2) is 0 Å². The van der Waals surface area contributed by atoms with Gasteiger partial charge in [0.1, 0.15) is 21.8 Å². The third kappa shape index (κ3) is 3.95. The van der Waals surface area contributed by atoms with Crippen molar-refractivity contribution >= 4 is 34.7 Å². The molecule has 6 nitrogen and oxygen atoms in total. The monoisotopic (exact) mass is 423 g/mol. The molecule has 29 heavy (non-hydrogen) atoms. The standard InChI is InChI=1S/C21H18ClN5OS/c1-14-18(29-20(25-14)15-4-6-17(22)7-5-15)21(28)27-11-9-26(10-12-27)19-16(13-23)3-2-8-24-19/h2-8H,9-12H2,1H3. The van der Waals surface area contributed by atoms with Crippen molar-refractivity contribution in [3.05, 3.63) is 63.8 Å². The van der Waals surface area contributed by atoms with Gasteiger partial charge in [0.2, 0.25) is 0 Å². The Hall–Kier alpha value is -2.95. The highest BCUT2D eigenvalue weighted by atomic mass is 35.5. The maximum Gasteiger partial charge on any atom is 0.265 e. The number of aryl methyl sites for hydroxylation is 1. The van der Waals surface area contributed by atoms with Gasteiger partial charge >= 0.3 is 0 Å². The van der Waals surface area contributed by atoms with Crippen molar-refractivity contribution in [2.24, 2.45) is 0 Å². The molecule has 3 aromatic rings. The van der Waals surface area contributed by atoms with Crippen LogP contribution in [0.5, 0.6) is 0 Å². The average molecular weight is 424 g/mol. The topological polar surface area (TPSA) is 73.1 Å². The molecule has 3 heterocycles. The van der Waals surface area contributed by atoms with Crippen LogP contribution in [0, 0.1) is 18.3 Å². The number of amides is 1. The van der Waals surface area contributed by atoms with E-state index < -0.39 is 0 Å². The normalized spacial score (nSPS) is 14.0. The van der Waals surface area contributed by atoms with E-state index in [1.807, 2.05) is 36.1 Å². The van der Waals surface area contributed by atoms with Gasteiger partial charge in [-0.05, 0) is 31.2 Å². The van der Waals surface area contributed by atoms with Crippen molar-refractivity contribution in [2.75, 3.05) is 31.1 Å². The predicted molar refractivity (Wildman–Crippen MR) is 114 cm³/mol. The highest BCUT2D eigenvalue weighted by molar-refractivity contribution is 7.17. The van der Waals surface area contributed by atoms with E-state index in [0.29, 0.717) is 47.5 Å². The smallest absolute Gasteiger partial charge is 0.265 e. The number of nitriles is 1. The number of aromatic nitrogens is 2. The van der Waals surface area contributed by atoms with E-state index in [1.54, 1.807) is 18.3 Å².